The second kappa shape index (κ2) is 9.25. The lowest BCUT2D eigenvalue weighted by Crippen LogP contribution is -2.28. The van der Waals surface area contributed by atoms with Crippen LogP contribution in [0, 0.1) is 17.0 Å². The van der Waals surface area contributed by atoms with E-state index in [0.29, 0.717) is 31.5 Å². The first-order valence-electron chi connectivity index (χ1n) is 10.4. The summed E-state index contributed by atoms with van der Waals surface area (Å²) in [5, 5.41) is 15.6. The molecule has 174 valence electrons. The highest BCUT2D eigenvalue weighted by atomic mass is 32.2. The van der Waals surface area contributed by atoms with Crippen molar-refractivity contribution in [2.75, 3.05) is 13.6 Å². The number of hydrogen-bond acceptors (Lipinski definition) is 7. The van der Waals surface area contributed by atoms with Gasteiger partial charge in [-0.3, -0.25) is 14.9 Å². The molecule has 1 fully saturated rings. The van der Waals surface area contributed by atoms with E-state index in [1.54, 1.807) is 18.9 Å². The molecule has 0 spiro atoms. The van der Waals surface area contributed by atoms with Gasteiger partial charge in [-0.25, -0.2) is 17.8 Å². The Hall–Kier alpha value is -2.99. The molecule has 3 rings (SSSR count). The monoisotopic (exact) mass is 465 g/mol. The minimum absolute atomic E-state index is 0.0811. The van der Waals surface area contributed by atoms with E-state index in [1.807, 2.05) is 13.8 Å². The number of rotatable bonds is 10. The molecule has 2 aromatic rings. The summed E-state index contributed by atoms with van der Waals surface area (Å²) < 4.78 is 35.7. The van der Waals surface area contributed by atoms with Crippen molar-refractivity contribution in [3.63, 3.8) is 0 Å². The number of nitro groups is 1. The number of nitro benzene ring substituents is 1. The Morgan fingerprint density at radius 1 is 1.38 bits per heavy atom. The van der Waals surface area contributed by atoms with Crippen molar-refractivity contribution in [3.8, 4) is 11.6 Å². The normalized spacial score (nSPS) is 13.8. The summed E-state index contributed by atoms with van der Waals surface area (Å²) in [6.07, 6.45) is 2.21. The van der Waals surface area contributed by atoms with Crippen LogP contribution in [-0.4, -0.2) is 53.6 Å². The van der Waals surface area contributed by atoms with Gasteiger partial charge < -0.3 is 9.64 Å². The molecule has 0 aliphatic heterocycles. The molecule has 0 atom stereocenters. The number of aromatic nitrogens is 2. The molecule has 0 unspecified atom stereocenters. The molecule has 1 N–H and O–H groups in total. The van der Waals surface area contributed by atoms with Gasteiger partial charge in [0.05, 0.1) is 4.92 Å². The van der Waals surface area contributed by atoms with Crippen molar-refractivity contribution >= 4 is 21.6 Å². The number of hydrogen-bond donors (Lipinski definition) is 1. The van der Waals surface area contributed by atoms with Crippen LogP contribution < -0.4 is 9.46 Å². The standard InChI is InChI=1S/C20H27N5O6S/c1-5-11-23(4)19(26)18-13(3)20(24(6-2)21-18)31-16-10-9-15(25(27)28)12-17(16)32(29,30)22-14-7-8-14/h9-10,12,14,22H,5-8,11H2,1-4H3. The maximum absolute atomic E-state index is 12.9. The van der Waals surface area contributed by atoms with Crippen LogP contribution >= 0.6 is 0 Å². The summed E-state index contributed by atoms with van der Waals surface area (Å²) in [6, 6.07) is 3.21. The van der Waals surface area contributed by atoms with Gasteiger partial charge in [0.2, 0.25) is 15.9 Å². The SMILES string of the molecule is CCCN(C)C(=O)c1nn(CC)c(Oc2ccc([N+](=O)[O-])cc2S(=O)(=O)NC2CC2)c1C. The molecule has 12 heteroatoms. The number of benzene rings is 1. The van der Waals surface area contributed by atoms with Gasteiger partial charge in [-0.2, -0.15) is 5.10 Å². The molecule has 1 aromatic carbocycles. The van der Waals surface area contributed by atoms with E-state index in [-0.39, 0.29) is 39.9 Å². The first-order chi connectivity index (χ1) is 15.1. The van der Waals surface area contributed by atoms with Crippen molar-refractivity contribution in [1.82, 2.24) is 19.4 Å². The number of non-ortho nitro benzene ring substituents is 1. The average Bonchev–Trinajstić information content (AvgIpc) is 3.49. The van der Waals surface area contributed by atoms with Gasteiger partial charge in [-0.05, 0) is 39.2 Å². The van der Waals surface area contributed by atoms with Crippen LogP contribution in [0.1, 0.15) is 49.2 Å². The van der Waals surface area contributed by atoms with Gasteiger partial charge in [-0.1, -0.05) is 6.92 Å². The molecule has 0 saturated heterocycles. The molecular formula is C20H27N5O6S. The molecule has 1 amide bonds. The van der Waals surface area contributed by atoms with E-state index >= 15 is 0 Å². The fourth-order valence-electron chi connectivity index (χ4n) is 3.19. The summed E-state index contributed by atoms with van der Waals surface area (Å²) >= 11 is 0. The van der Waals surface area contributed by atoms with E-state index in [1.165, 1.54) is 16.8 Å². The third-order valence-corrected chi connectivity index (χ3v) is 6.61. The smallest absolute Gasteiger partial charge is 0.274 e. The van der Waals surface area contributed by atoms with Gasteiger partial charge in [-0.15, -0.1) is 0 Å². The van der Waals surface area contributed by atoms with Crippen molar-refractivity contribution < 1.29 is 22.9 Å². The zero-order valence-corrected chi connectivity index (χ0v) is 19.3. The van der Waals surface area contributed by atoms with Crippen LogP contribution in [0.4, 0.5) is 5.69 Å². The molecule has 1 saturated carbocycles. The maximum atomic E-state index is 12.9. The van der Waals surface area contributed by atoms with E-state index in [9.17, 15) is 23.3 Å². The lowest BCUT2D eigenvalue weighted by Gasteiger charge is -2.15. The number of carbonyl (C=O) groups is 1. The first kappa shape index (κ1) is 23.7. The van der Waals surface area contributed by atoms with E-state index in [0.717, 1.165) is 12.5 Å². The summed E-state index contributed by atoms with van der Waals surface area (Å²) in [5.41, 5.74) is 0.295. The van der Waals surface area contributed by atoms with Gasteiger partial charge in [0.1, 0.15) is 10.6 Å². The van der Waals surface area contributed by atoms with Gasteiger partial charge in [0.25, 0.3) is 11.6 Å². The van der Waals surface area contributed by atoms with Gasteiger partial charge in [0.15, 0.2) is 5.69 Å². The predicted octanol–water partition coefficient (Wildman–Crippen LogP) is 2.83. The number of aryl methyl sites for hydroxylation is 1. The largest absolute Gasteiger partial charge is 0.438 e. The van der Waals surface area contributed by atoms with Crippen molar-refractivity contribution in [2.24, 2.45) is 0 Å². The van der Waals surface area contributed by atoms with E-state index in [4.69, 9.17) is 4.74 Å². The van der Waals surface area contributed by atoms with Crippen LogP contribution in [0.25, 0.3) is 0 Å². The summed E-state index contributed by atoms with van der Waals surface area (Å²) in [7, 11) is -2.37. The number of nitrogens with zero attached hydrogens (tertiary/aromatic N) is 4. The average molecular weight is 466 g/mol. The zero-order chi connectivity index (χ0) is 23.6. The predicted molar refractivity (Wildman–Crippen MR) is 116 cm³/mol. The Morgan fingerprint density at radius 2 is 2.06 bits per heavy atom. The number of sulfonamides is 1. The van der Waals surface area contributed by atoms with Crippen molar-refractivity contribution in [2.45, 2.75) is 57.5 Å². The highest BCUT2D eigenvalue weighted by Crippen LogP contribution is 2.35. The minimum atomic E-state index is -4.05. The third-order valence-electron chi connectivity index (χ3n) is 5.07. The van der Waals surface area contributed by atoms with Crippen LogP contribution in [-0.2, 0) is 16.6 Å². The van der Waals surface area contributed by atoms with Crippen molar-refractivity contribution in [3.05, 3.63) is 39.6 Å². The molecule has 0 radical (unpaired) electrons. The van der Waals surface area contributed by atoms with Gasteiger partial charge in [0, 0.05) is 43.9 Å². The first-order valence-corrected chi connectivity index (χ1v) is 11.9. The van der Waals surface area contributed by atoms with E-state index in [2.05, 4.69) is 9.82 Å². The zero-order valence-electron chi connectivity index (χ0n) is 18.5. The molecule has 11 nitrogen and oxygen atoms in total. The Bertz CT molecular complexity index is 1140. The van der Waals surface area contributed by atoms with Crippen LogP contribution in [0.5, 0.6) is 11.6 Å². The highest BCUT2D eigenvalue weighted by Gasteiger charge is 2.32. The fraction of sp³-hybridized carbons (Fsp3) is 0.500. The molecule has 1 aromatic heterocycles. The number of nitrogens with one attached hydrogen (secondary N) is 1. The Balaban J connectivity index is 2.04. The lowest BCUT2D eigenvalue weighted by molar-refractivity contribution is -0.385. The molecule has 32 heavy (non-hydrogen) atoms. The van der Waals surface area contributed by atoms with Crippen LogP contribution in [0.2, 0.25) is 0 Å². The van der Waals surface area contributed by atoms with Crippen LogP contribution in [0.15, 0.2) is 23.1 Å². The summed E-state index contributed by atoms with van der Waals surface area (Å²) in [6.45, 7) is 6.37. The molecular weight excluding hydrogens is 438 g/mol. The Kier molecular flexibility index (Phi) is 6.84. The number of ether oxygens (including phenoxy) is 1. The van der Waals surface area contributed by atoms with Crippen molar-refractivity contribution in [1.29, 1.82) is 0 Å². The molecule has 1 aliphatic rings. The van der Waals surface area contributed by atoms with E-state index < -0.39 is 14.9 Å². The lowest BCUT2D eigenvalue weighted by atomic mass is 10.2. The third kappa shape index (κ3) is 4.91. The fourth-order valence-corrected chi connectivity index (χ4v) is 4.65. The highest BCUT2D eigenvalue weighted by molar-refractivity contribution is 7.89. The van der Waals surface area contributed by atoms with Gasteiger partial charge >= 0.3 is 0 Å². The summed E-state index contributed by atoms with van der Waals surface area (Å²) in [4.78, 5) is 24.6. The quantitative estimate of drug-likeness (QED) is 0.421. The molecule has 1 heterocycles. The number of carbonyl (C=O) groups excluding carboxylic acids is 1. The summed E-state index contributed by atoms with van der Waals surface area (Å²) in [5.74, 6) is -0.145. The Morgan fingerprint density at radius 3 is 2.62 bits per heavy atom. The van der Waals surface area contributed by atoms with Crippen LogP contribution in [0.3, 0.4) is 0 Å². The molecule has 1 aliphatic carbocycles. The topological polar surface area (TPSA) is 137 Å². The Labute approximate surface area is 186 Å². The number of amides is 1. The molecule has 0 bridgehead atoms. The second-order valence-electron chi connectivity index (χ2n) is 7.71. The minimum Gasteiger partial charge on any atom is -0.438 e. The maximum Gasteiger partial charge on any atom is 0.274 e. The second-order valence-corrected chi connectivity index (χ2v) is 9.39.